The maximum atomic E-state index is 12.4. The van der Waals surface area contributed by atoms with E-state index in [1.807, 2.05) is 56.3 Å². The number of anilines is 1. The Balaban J connectivity index is 1.46. The Kier molecular flexibility index (Phi) is 6.72. The number of rotatable bonds is 7. The van der Waals surface area contributed by atoms with E-state index in [0.717, 1.165) is 22.6 Å². The van der Waals surface area contributed by atoms with Gasteiger partial charge in [-0.2, -0.15) is 0 Å². The third kappa shape index (κ3) is 5.96. The highest BCUT2D eigenvalue weighted by Gasteiger charge is 2.17. The molecule has 1 aliphatic heterocycles. The maximum absolute atomic E-state index is 12.4. The summed E-state index contributed by atoms with van der Waals surface area (Å²) >= 11 is 0. The summed E-state index contributed by atoms with van der Waals surface area (Å²) in [6.07, 6.45) is 0. The molecule has 0 aromatic heterocycles. The van der Waals surface area contributed by atoms with Gasteiger partial charge in [0.05, 0.1) is 19.1 Å². The molecule has 1 atom stereocenters. The van der Waals surface area contributed by atoms with Gasteiger partial charge in [-0.25, -0.2) is 0 Å². The summed E-state index contributed by atoms with van der Waals surface area (Å²) in [4.78, 5) is 26.2. The zero-order valence-corrected chi connectivity index (χ0v) is 17.0. The number of likely N-dealkylation sites (N-methyl/N-ethyl adjacent to an activating group) is 1. The van der Waals surface area contributed by atoms with Crippen LogP contribution in [-0.4, -0.2) is 50.1 Å². The van der Waals surface area contributed by atoms with Crippen molar-refractivity contribution in [2.24, 2.45) is 0 Å². The molecule has 1 heterocycles. The van der Waals surface area contributed by atoms with Crippen LogP contribution in [0.4, 0.5) is 5.69 Å². The van der Waals surface area contributed by atoms with Crippen LogP contribution < -0.4 is 20.1 Å². The molecule has 7 heteroatoms. The van der Waals surface area contributed by atoms with Crippen LogP contribution in [0.5, 0.6) is 11.5 Å². The van der Waals surface area contributed by atoms with E-state index in [9.17, 15) is 9.59 Å². The predicted octanol–water partition coefficient (Wildman–Crippen LogP) is 2.51. The molecule has 2 aromatic carbocycles. The smallest absolute Gasteiger partial charge is 0.238 e. The monoisotopic (exact) mass is 397 g/mol. The van der Waals surface area contributed by atoms with Crippen molar-refractivity contribution in [2.75, 3.05) is 38.7 Å². The lowest BCUT2D eigenvalue weighted by Gasteiger charge is -2.22. The van der Waals surface area contributed by atoms with Crippen LogP contribution >= 0.6 is 0 Å². The fourth-order valence-corrected chi connectivity index (χ4v) is 3.08. The molecule has 0 saturated heterocycles. The van der Waals surface area contributed by atoms with Crippen molar-refractivity contribution < 1.29 is 19.1 Å². The molecule has 0 bridgehead atoms. The van der Waals surface area contributed by atoms with Gasteiger partial charge in [0.25, 0.3) is 0 Å². The molecule has 0 radical (unpaired) electrons. The van der Waals surface area contributed by atoms with Gasteiger partial charge in [0.1, 0.15) is 13.2 Å². The number of carbonyl (C=O) groups excluding carboxylic acids is 2. The summed E-state index contributed by atoms with van der Waals surface area (Å²) in [5.74, 6) is 1.10. The molecule has 2 N–H and O–H groups in total. The molecule has 2 aromatic rings. The highest BCUT2D eigenvalue weighted by atomic mass is 16.6. The van der Waals surface area contributed by atoms with Crippen molar-refractivity contribution in [1.29, 1.82) is 0 Å². The second kappa shape index (κ2) is 9.43. The number of fused-ring (bicyclic) bond motifs is 1. The molecule has 0 fully saturated rings. The molecule has 154 valence electrons. The summed E-state index contributed by atoms with van der Waals surface area (Å²) in [5, 5.41) is 5.79. The van der Waals surface area contributed by atoms with Crippen molar-refractivity contribution in [3.05, 3.63) is 53.6 Å². The molecule has 7 nitrogen and oxygen atoms in total. The van der Waals surface area contributed by atoms with Gasteiger partial charge in [-0.05, 0) is 50.7 Å². The third-order valence-corrected chi connectivity index (χ3v) is 4.61. The molecular weight excluding hydrogens is 370 g/mol. The molecule has 0 aliphatic carbocycles. The van der Waals surface area contributed by atoms with Crippen LogP contribution in [0.1, 0.15) is 24.1 Å². The number of aryl methyl sites for hydroxylation is 1. The number of nitrogens with zero attached hydrogens (tertiary/aromatic N) is 1. The van der Waals surface area contributed by atoms with Gasteiger partial charge in [-0.15, -0.1) is 0 Å². The van der Waals surface area contributed by atoms with Gasteiger partial charge in [-0.1, -0.05) is 23.8 Å². The second-order valence-corrected chi connectivity index (χ2v) is 7.28. The predicted molar refractivity (Wildman–Crippen MR) is 111 cm³/mol. The van der Waals surface area contributed by atoms with E-state index in [1.54, 1.807) is 11.9 Å². The first-order chi connectivity index (χ1) is 13.9. The number of hydrogen-bond acceptors (Lipinski definition) is 5. The topological polar surface area (TPSA) is 79.9 Å². The van der Waals surface area contributed by atoms with Gasteiger partial charge < -0.3 is 20.1 Å². The van der Waals surface area contributed by atoms with Crippen molar-refractivity contribution in [3.63, 3.8) is 0 Å². The summed E-state index contributed by atoms with van der Waals surface area (Å²) < 4.78 is 11.1. The van der Waals surface area contributed by atoms with Crippen LogP contribution in [0.15, 0.2) is 42.5 Å². The number of nitrogens with one attached hydrogen (secondary N) is 2. The Morgan fingerprint density at radius 3 is 2.38 bits per heavy atom. The highest BCUT2D eigenvalue weighted by molar-refractivity contribution is 5.92. The number of ether oxygens (including phenoxy) is 2. The minimum atomic E-state index is -0.187. The fraction of sp³-hybridized carbons (Fsp3) is 0.364. The first kappa shape index (κ1) is 20.7. The van der Waals surface area contributed by atoms with E-state index >= 15 is 0 Å². The maximum Gasteiger partial charge on any atom is 0.238 e. The summed E-state index contributed by atoms with van der Waals surface area (Å²) in [7, 11) is 1.74. The number of amides is 2. The molecule has 1 aliphatic rings. The first-order valence-electron chi connectivity index (χ1n) is 9.64. The van der Waals surface area contributed by atoms with E-state index in [2.05, 4.69) is 10.6 Å². The van der Waals surface area contributed by atoms with Gasteiger partial charge >= 0.3 is 0 Å². The Morgan fingerprint density at radius 2 is 1.66 bits per heavy atom. The molecule has 0 saturated carbocycles. The summed E-state index contributed by atoms with van der Waals surface area (Å²) in [5.41, 5.74) is 2.80. The molecule has 3 rings (SSSR count). The Labute approximate surface area is 171 Å². The minimum Gasteiger partial charge on any atom is -0.486 e. The Morgan fingerprint density at radius 1 is 1.00 bits per heavy atom. The van der Waals surface area contributed by atoms with Crippen LogP contribution in [0.25, 0.3) is 0 Å². The molecule has 0 unspecified atom stereocenters. The van der Waals surface area contributed by atoms with Crippen molar-refractivity contribution in [1.82, 2.24) is 10.2 Å². The van der Waals surface area contributed by atoms with Gasteiger partial charge in [-0.3, -0.25) is 14.5 Å². The Hall–Kier alpha value is -3.06. The van der Waals surface area contributed by atoms with Crippen LogP contribution in [0, 0.1) is 6.92 Å². The standard InChI is InChI=1S/C22H27N3O4/c1-15-4-7-18(8-5-15)24-22(27)14-25(3)13-21(26)23-16(2)17-6-9-19-20(12-17)29-11-10-28-19/h4-9,12,16H,10-11,13-14H2,1-3H3,(H,23,26)(H,24,27)/t16-/m1/s1. The van der Waals surface area contributed by atoms with Crippen molar-refractivity contribution >= 4 is 17.5 Å². The summed E-state index contributed by atoms with van der Waals surface area (Å²) in [6.45, 7) is 5.21. The average Bonchev–Trinajstić information content (AvgIpc) is 2.69. The van der Waals surface area contributed by atoms with Crippen molar-refractivity contribution in [3.8, 4) is 11.5 Å². The van der Waals surface area contributed by atoms with Crippen LogP contribution in [0.3, 0.4) is 0 Å². The lowest BCUT2D eigenvalue weighted by molar-refractivity contribution is -0.123. The zero-order valence-electron chi connectivity index (χ0n) is 17.0. The average molecular weight is 397 g/mol. The number of hydrogen-bond donors (Lipinski definition) is 2. The Bertz CT molecular complexity index is 867. The molecule has 0 spiro atoms. The van der Waals surface area contributed by atoms with Crippen LogP contribution in [-0.2, 0) is 9.59 Å². The normalized spacial score (nSPS) is 13.7. The van der Waals surface area contributed by atoms with Gasteiger partial charge in [0.2, 0.25) is 11.8 Å². The first-order valence-corrected chi connectivity index (χ1v) is 9.64. The molecule has 2 amide bonds. The lowest BCUT2D eigenvalue weighted by Crippen LogP contribution is -2.39. The largest absolute Gasteiger partial charge is 0.486 e. The van der Waals surface area contributed by atoms with E-state index in [1.165, 1.54) is 0 Å². The van der Waals surface area contributed by atoms with Crippen LogP contribution in [0.2, 0.25) is 0 Å². The van der Waals surface area contributed by atoms with Gasteiger partial charge in [0.15, 0.2) is 11.5 Å². The quantitative estimate of drug-likeness (QED) is 0.751. The van der Waals surface area contributed by atoms with E-state index in [-0.39, 0.29) is 30.9 Å². The fourth-order valence-electron chi connectivity index (χ4n) is 3.08. The molecule has 29 heavy (non-hydrogen) atoms. The second-order valence-electron chi connectivity index (χ2n) is 7.28. The third-order valence-electron chi connectivity index (χ3n) is 4.61. The van der Waals surface area contributed by atoms with E-state index in [4.69, 9.17) is 9.47 Å². The SMILES string of the molecule is Cc1ccc(NC(=O)CN(C)CC(=O)N[C@H](C)c2ccc3c(c2)OCCO3)cc1. The van der Waals surface area contributed by atoms with Crippen molar-refractivity contribution in [2.45, 2.75) is 19.9 Å². The zero-order chi connectivity index (χ0) is 20.8. The van der Waals surface area contributed by atoms with E-state index < -0.39 is 0 Å². The van der Waals surface area contributed by atoms with Gasteiger partial charge in [0, 0.05) is 5.69 Å². The number of benzene rings is 2. The molecular formula is C22H27N3O4. The van der Waals surface area contributed by atoms with E-state index in [0.29, 0.717) is 19.0 Å². The number of carbonyl (C=O) groups is 2. The summed E-state index contributed by atoms with van der Waals surface area (Å²) in [6, 6.07) is 13.1. The highest BCUT2D eigenvalue weighted by Crippen LogP contribution is 2.32. The lowest BCUT2D eigenvalue weighted by atomic mass is 10.1. The minimum absolute atomic E-state index is 0.121.